The average molecular weight is 327 g/mol. The van der Waals surface area contributed by atoms with Crippen LogP contribution in [0.1, 0.15) is 18.1 Å². The molecule has 1 aromatic rings. The number of hydrogen-bond donors (Lipinski definition) is 2. The Morgan fingerprint density at radius 2 is 1.86 bits per heavy atom. The van der Waals surface area contributed by atoms with E-state index in [1.807, 2.05) is 31.2 Å². The van der Waals surface area contributed by atoms with Crippen molar-refractivity contribution in [3.63, 3.8) is 0 Å². The average Bonchev–Trinajstić information content (AvgIpc) is 2.42. The van der Waals surface area contributed by atoms with Gasteiger partial charge in [0.25, 0.3) is 0 Å². The fourth-order valence-corrected chi connectivity index (χ4v) is 2.39. The highest BCUT2D eigenvalue weighted by Gasteiger charge is 2.26. The summed E-state index contributed by atoms with van der Waals surface area (Å²) in [5, 5.41) is 10.5. The van der Waals surface area contributed by atoms with Crippen LogP contribution in [0.3, 0.4) is 0 Å². The number of sulfone groups is 1. The summed E-state index contributed by atoms with van der Waals surface area (Å²) in [6.45, 7) is 3.06. The van der Waals surface area contributed by atoms with Gasteiger partial charge in [-0.3, -0.25) is 9.59 Å². The summed E-state index contributed by atoms with van der Waals surface area (Å²) in [4.78, 5) is 23.1. The molecule has 122 valence electrons. The summed E-state index contributed by atoms with van der Waals surface area (Å²) < 4.78 is 22.6. The smallest absolute Gasteiger partial charge is 0.308 e. The number of aliphatic carboxylic acids is 1. The van der Waals surface area contributed by atoms with Crippen LogP contribution in [0.15, 0.2) is 24.3 Å². The van der Waals surface area contributed by atoms with E-state index >= 15 is 0 Å². The van der Waals surface area contributed by atoms with Gasteiger partial charge in [-0.25, -0.2) is 8.42 Å². The molecule has 0 saturated heterocycles. The third-order valence-corrected chi connectivity index (χ3v) is 5.11. The second kappa shape index (κ2) is 7.40. The number of hydrogen-bond acceptors (Lipinski definition) is 4. The first kappa shape index (κ1) is 18.2. The maximum Gasteiger partial charge on any atom is 0.308 e. The zero-order valence-electron chi connectivity index (χ0n) is 12.9. The Labute approximate surface area is 130 Å². The van der Waals surface area contributed by atoms with Gasteiger partial charge in [-0.2, -0.15) is 0 Å². The molecular weight excluding hydrogens is 306 g/mol. The van der Waals surface area contributed by atoms with Crippen LogP contribution in [0.25, 0.3) is 0 Å². The molecule has 1 aromatic carbocycles. The Bertz CT molecular complexity index is 654. The van der Waals surface area contributed by atoms with Gasteiger partial charge in [-0.1, -0.05) is 24.3 Å². The van der Waals surface area contributed by atoms with E-state index in [1.165, 1.54) is 6.92 Å². The summed E-state index contributed by atoms with van der Waals surface area (Å²) in [5.74, 6) is -2.52. The molecule has 0 aliphatic carbocycles. The Balaban J connectivity index is 2.72. The second-order valence-corrected chi connectivity index (χ2v) is 7.75. The maximum atomic E-state index is 11.8. The third kappa shape index (κ3) is 5.14. The highest BCUT2D eigenvalue weighted by Crippen LogP contribution is 2.13. The lowest BCUT2D eigenvalue weighted by Crippen LogP contribution is -2.41. The largest absolute Gasteiger partial charge is 0.481 e. The quantitative estimate of drug-likeness (QED) is 0.771. The molecule has 0 saturated carbocycles. The summed E-state index contributed by atoms with van der Waals surface area (Å²) in [5.41, 5.74) is 1.87. The van der Waals surface area contributed by atoms with Crippen molar-refractivity contribution in [1.82, 2.24) is 5.32 Å². The summed E-state index contributed by atoms with van der Waals surface area (Å²) in [6, 6.07) is 7.42. The molecule has 2 N–H and O–H groups in total. The fourth-order valence-electron chi connectivity index (χ4n) is 1.91. The summed E-state index contributed by atoms with van der Waals surface area (Å²) in [7, 11) is -3.50. The highest BCUT2D eigenvalue weighted by molar-refractivity contribution is 7.92. The first-order valence-corrected chi connectivity index (χ1v) is 8.82. The molecular formula is C15H21NO5S. The summed E-state index contributed by atoms with van der Waals surface area (Å²) >= 11 is 0. The molecule has 0 radical (unpaired) electrons. The molecule has 0 heterocycles. The SMILES string of the molecule is Cc1ccccc1C[C@H](CNC(=O)[C@H](C)S(C)(=O)=O)C(=O)O. The van der Waals surface area contributed by atoms with Crippen molar-refractivity contribution < 1.29 is 23.1 Å². The molecule has 0 unspecified atom stereocenters. The van der Waals surface area contributed by atoms with E-state index in [9.17, 15) is 23.1 Å². The van der Waals surface area contributed by atoms with Crippen LogP contribution in [0.5, 0.6) is 0 Å². The Kier molecular flexibility index (Phi) is 6.11. The van der Waals surface area contributed by atoms with Gasteiger partial charge in [0.15, 0.2) is 9.84 Å². The molecule has 1 rings (SSSR count). The first-order valence-electron chi connectivity index (χ1n) is 6.86. The van der Waals surface area contributed by atoms with Gasteiger partial charge in [0, 0.05) is 12.8 Å². The topological polar surface area (TPSA) is 101 Å². The van der Waals surface area contributed by atoms with Gasteiger partial charge in [-0.15, -0.1) is 0 Å². The number of amides is 1. The van der Waals surface area contributed by atoms with Crippen molar-refractivity contribution in [2.75, 3.05) is 12.8 Å². The molecule has 0 fully saturated rings. The van der Waals surface area contributed by atoms with Crippen LogP contribution in [-0.2, 0) is 25.8 Å². The zero-order chi connectivity index (χ0) is 16.9. The molecule has 1 amide bonds. The standard InChI is InChI=1S/C15H21NO5S/c1-10-6-4-5-7-12(10)8-13(15(18)19)9-16-14(17)11(2)22(3,20)21/h4-7,11,13H,8-9H2,1-3H3,(H,16,17)(H,18,19)/t11-,13+/m0/s1. The lowest BCUT2D eigenvalue weighted by Gasteiger charge is -2.16. The molecule has 0 spiro atoms. The van der Waals surface area contributed by atoms with Gasteiger partial charge in [0.2, 0.25) is 5.91 Å². The summed E-state index contributed by atoms with van der Waals surface area (Å²) in [6.07, 6.45) is 1.24. The van der Waals surface area contributed by atoms with E-state index in [4.69, 9.17) is 0 Å². The Hall–Kier alpha value is -1.89. The maximum absolute atomic E-state index is 11.8. The van der Waals surface area contributed by atoms with E-state index in [0.29, 0.717) is 0 Å². The minimum atomic E-state index is -3.50. The number of carboxylic acids is 1. The Morgan fingerprint density at radius 1 is 1.27 bits per heavy atom. The van der Waals surface area contributed by atoms with Crippen LogP contribution < -0.4 is 5.32 Å². The lowest BCUT2D eigenvalue weighted by molar-refractivity contribution is -0.141. The van der Waals surface area contributed by atoms with Crippen LogP contribution in [0.4, 0.5) is 0 Å². The minimum Gasteiger partial charge on any atom is -0.481 e. The van der Waals surface area contributed by atoms with Crippen molar-refractivity contribution >= 4 is 21.7 Å². The van der Waals surface area contributed by atoms with Crippen LogP contribution in [0, 0.1) is 12.8 Å². The molecule has 0 aliphatic rings. The predicted molar refractivity (Wildman–Crippen MR) is 83.3 cm³/mol. The fraction of sp³-hybridized carbons (Fsp3) is 0.467. The van der Waals surface area contributed by atoms with Gasteiger partial charge >= 0.3 is 5.97 Å². The van der Waals surface area contributed by atoms with Crippen molar-refractivity contribution in [2.45, 2.75) is 25.5 Å². The molecule has 2 atom stereocenters. The van der Waals surface area contributed by atoms with Crippen molar-refractivity contribution in [3.8, 4) is 0 Å². The van der Waals surface area contributed by atoms with E-state index in [0.717, 1.165) is 17.4 Å². The number of carbonyl (C=O) groups excluding carboxylic acids is 1. The van der Waals surface area contributed by atoms with Crippen LogP contribution >= 0.6 is 0 Å². The van der Waals surface area contributed by atoms with Gasteiger partial charge in [0.1, 0.15) is 5.25 Å². The molecule has 0 bridgehead atoms. The third-order valence-electron chi connectivity index (χ3n) is 3.61. The molecule has 0 aromatic heterocycles. The van der Waals surface area contributed by atoms with E-state index in [1.54, 1.807) is 0 Å². The number of benzene rings is 1. The second-order valence-electron chi connectivity index (χ2n) is 5.38. The molecule has 6 nitrogen and oxygen atoms in total. The zero-order valence-corrected chi connectivity index (χ0v) is 13.7. The van der Waals surface area contributed by atoms with Gasteiger partial charge in [0.05, 0.1) is 5.92 Å². The van der Waals surface area contributed by atoms with Crippen LogP contribution in [0.2, 0.25) is 0 Å². The minimum absolute atomic E-state index is 0.109. The monoisotopic (exact) mass is 327 g/mol. The van der Waals surface area contributed by atoms with Crippen molar-refractivity contribution in [3.05, 3.63) is 35.4 Å². The number of nitrogens with one attached hydrogen (secondary N) is 1. The van der Waals surface area contributed by atoms with Crippen molar-refractivity contribution in [1.29, 1.82) is 0 Å². The Morgan fingerprint density at radius 3 is 2.36 bits per heavy atom. The van der Waals surface area contributed by atoms with E-state index < -0.39 is 32.9 Å². The number of carbonyl (C=O) groups is 2. The predicted octanol–water partition coefficient (Wildman–Crippen LogP) is 0.788. The lowest BCUT2D eigenvalue weighted by atomic mass is 9.96. The van der Waals surface area contributed by atoms with Gasteiger partial charge < -0.3 is 10.4 Å². The van der Waals surface area contributed by atoms with Crippen molar-refractivity contribution in [2.24, 2.45) is 5.92 Å². The molecule has 7 heteroatoms. The number of aryl methyl sites for hydroxylation is 1. The molecule has 0 aliphatic heterocycles. The molecule has 22 heavy (non-hydrogen) atoms. The number of carboxylic acid groups (broad SMARTS) is 1. The number of rotatable bonds is 7. The highest BCUT2D eigenvalue weighted by atomic mass is 32.2. The normalized spacial score (nSPS) is 14.1. The van der Waals surface area contributed by atoms with E-state index in [2.05, 4.69) is 5.32 Å². The van der Waals surface area contributed by atoms with E-state index in [-0.39, 0.29) is 13.0 Å². The van der Waals surface area contributed by atoms with Gasteiger partial charge in [-0.05, 0) is 31.4 Å². The van der Waals surface area contributed by atoms with Crippen LogP contribution in [-0.4, -0.2) is 43.5 Å². The first-order chi connectivity index (χ1) is 10.1.